The van der Waals surface area contributed by atoms with E-state index in [1.54, 1.807) is 12.4 Å². The molecule has 0 radical (unpaired) electrons. The third-order valence-corrected chi connectivity index (χ3v) is 4.82. The van der Waals surface area contributed by atoms with Crippen molar-refractivity contribution in [3.8, 4) is 5.69 Å². The normalized spacial score (nSPS) is 17.2. The molecule has 134 valence electrons. The highest BCUT2D eigenvalue weighted by Gasteiger charge is 2.25. The lowest BCUT2D eigenvalue weighted by molar-refractivity contribution is 0.178. The molecule has 3 aromatic rings. The zero-order valence-electron chi connectivity index (χ0n) is 14.5. The molecule has 1 atom stereocenters. The first-order chi connectivity index (χ1) is 12.8. The van der Waals surface area contributed by atoms with E-state index in [4.69, 9.17) is 0 Å². The third-order valence-electron chi connectivity index (χ3n) is 4.82. The highest BCUT2D eigenvalue weighted by molar-refractivity contribution is 5.74. The van der Waals surface area contributed by atoms with Gasteiger partial charge in [-0.25, -0.2) is 9.48 Å². The van der Waals surface area contributed by atoms with E-state index in [9.17, 15) is 4.79 Å². The predicted octanol–water partition coefficient (Wildman–Crippen LogP) is 2.68. The number of carbonyl (C=O) groups is 1. The molecule has 1 saturated heterocycles. The molecule has 2 amide bonds. The fourth-order valence-corrected chi connectivity index (χ4v) is 3.39. The summed E-state index contributed by atoms with van der Waals surface area (Å²) >= 11 is 0. The van der Waals surface area contributed by atoms with Crippen LogP contribution in [0.25, 0.3) is 5.69 Å². The molecule has 1 aromatic carbocycles. The van der Waals surface area contributed by atoms with Crippen molar-refractivity contribution >= 4 is 6.03 Å². The quantitative estimate of drug-likeness (QED) is 0.759. The number of likely N-dealkylation sites (tertiary alicyclic amines) is 1. The number of carbonyl (C=O) groups excluding carboxylic acids is 1. The molecule has 3 heterocycles. The lowest BCUT2D eigenvalue weighted by atomic mass is 9.95. The zero-order valence-corrected chi connectivity index (χ0v) is 14.5. The number of nitrogens with one attached hydrogen (secondary N) is 2. The molecule has 2 aromatic heterocycles. The van der Waals surface area contributed by atoms with Crippen LogP contribution in [0.15, 0.2) is 55.0 Å². The van der Waals surface area contributed by atoms with Crippen LogP contribution in [0, 0.1) is 0 Å². The monoisotopic (exact) mass is 350 g/mol. The molecule has 0 bridgehead atoms. The van der Waals surface area contributed by atoms with Crippen LogP contribution in [0.2, 0.25) is 0 Å². The van der Waals surface area contributed by atoms with Crippen LogP contribution in [0.3, 0.4) is 0 Å². The third kappa shape index (κ3) is 3.61. The Balaban J connectivity index is 1.32. The maximum absolute atomic E-state index is 12.5. The van der Waals surface area contributed by atoms with Gasteiger partial charge in [-0.1, -0.05) is 12.1 Å². The second-order valence-electron chi connectivity index (χ2n) is 6.57. The maximum atomic E-state index is 12.5. The first-order valence-corrected chi connectivity index (χ1v) is 8.90. The van der Waals surface area contributed by atoms with Crippen molar-refractivity contribution in [2.45, 2.75) is 25.3 Å². The van der Waals surface area contributed by atoms with Gasteiger partial charge in [0.25, 0.3) is 0 Å². The van der Waals surface area contributed by atoms with E-state index in [0.29, 0.717) is 12.5 Å². The van der Waals surface area contributed by atoms with Crippen molar-refractivity contribution in [1.82, 2.24) is 30.2 Å². The van der Waals surface area contributed by atoms with Crippen LogP contribution >= 0.6 is 0 Å². The van der Waals surface area contributed by atoms with Crippen LogP contribution < -0.4 is 5.32 Å². The molecule has 0 aliphatic carbocycles. The average molecular weight is 350 g/mol. The van der Waals surface area contributed by atoms with Crippen molar-refractivity contribution in [3.63, 3.8) is 0 Å². The summed E-state index contributed by atoms with van der Waals surface area (Å²) in [4.78, 5) is 14.4. The Morgan fingerprint density at radius 2 is 2.12 bits per heavy atom. The summed E-state index contributed by atoms with van der Waals surface area (Å²) in [5.41, 5.74) is 3.18. The molecule has 4 rings (SSSR count). The van der Waals surface area contributed by atoms with Gasteiger partial charge in [0, 0.05) is 49.8 Å². The van der Waals surface area contributed by atoms with E-state index < -0.39 is 0 Å². The summed E-state index contributed by atoms with van der Waals surface area (Å²) in [6.45, 7) is 2.05. The van der Waals surface area contributed by atoms with Crippen LogP contribution in [0.1, 0.15) is 30.0 Å². The Labute approximate surface area is 152 Å². The highest BCUT2D eigenvalue weighted by Crippen LogP contribution is 2.25. The summed E-state index contributed by atoms with van der Waals surface area (Å²) in [5.74, 6) is 0.338. The lowest BCUT2D eigenvalue weighted by Gasteiger charge is -2.32. The van der Waals surface area contributed by atoms with Crippen molar-refractivity contribution in [2.24, 2.45) is 0 Å². The molecule has 0 spiro atoms. The lowest BCUT2D eigenvalue weighted by Crippen LogP contribution is -2.44. The number of hydrogen-bond donors (Lipinski definition) is 2. The molecule has 1 aliphatic rings. The number of rotatable bonds is 4. The van der Waals surface area contributed by atoms with Gasteiger partial charge in [0.1, 0.15) is 0 Å². The van der Waals surface area contributed by atoms with Gasteiger partial charge in [0.15, 0.2) is 0 Å². The number of aromatic amines is 1. The molecular formula is C19H22N6O. The van der Waals surface area contributed by atoms with Crippen molar-refractivity contribution in [1.29, 1.82) is 0 Å². The Bertz CT molecular complexity index is 826. The van der Waals surface area contributed by atoms with Crippen LogP contribution in [-0.2, 0) is 6.54 Å². The summed E-state index contributed by atoms with van der Waals surface area (Å²) < 4.78 is 1.81. The molecular weight excluding hydrogens is 328 g/mol. The number of nitrogens with zero attached hydrogens (tertiary/aromatic N) is 4. The standard InChI is InChI=1S/C19H22N6O/c26-19(24-11-1-3-16(14-24)18-8-10-21-23-18)20-13-15-4-6-17(7-5-15)25-12-2-9-22-25/h2,4-10,12,16H,1,3,11,13-14H2,(H,20,26)(H,21,23). The Hall–Kier alpha value is -3.09. The molecule has 7 nitrogen and oxygen atoms in total. The molecule has 0 saturated carbocycles. The second-order valence-corrected chi connectivity index (χ2v) is 6.57. The molecule has 2 N–H and O–H groups in total. The molecule has 1 fully saturated rings. The van der Waals surface area contributed by atoms with E-state index in [-0.39, 0.29) is 6.03 Å². The fraction of sp³-hybridized carbons (Fsp3) is 0.316. The topological polar surface area (TPSA) is 78.8 Å². The van der Waals surface area contributed by atoms with Gasteiger partial charge in [-0.05, 0) is 42.7 Å². The zero-order chi connectivity index (χ0) is 17.8. The summed E-state index contributed by atoms with van der Waals surface area (Å²) in [6, 6.07) is 11.9. The van der Waals surface area contributed by atoms with E-state index in [2.05, 4.69) is 20.6 Å². The van der Waals surface area contributed by atoms with Crippen molar-refractivity contribution in [3.05, 3.63) is 66.2 Å². The molecule has 1 unspecified atom stereocenters. The number of benzene rings is 1. The number of hydrogen-bond acceptors (Lipinski definition) is 3. The van der Waals surface area contributed by atoms with Crippen LogP contribution in [0.4, 0.5) is 4.79 Å². The van der Waals surface area contributed by atoms with E-state index in [0.717, 1.165) is 42.9 Å². The van der Waals surface area contributed by atoms with Crippen molar-refractivity contribution in [2.75, 3.05) is 13.1 Å². The van der Waals surface area contributed by atoms with Gasteiger partial charge in [-0.3, -0.25) is 5.10 Å². The van der Waals surface area contributed by atoms with E-state index in [1.165, 1.54) is 0 Å². The number of piperidine rings is 1. The minimum atomic E-state index is -0.00892. The number of urea groups is 1. The number of H-pyrrole nitrogens is 1. The van der Waals surface area contributed by atoms with Gasteiger partial charge < -0.3 is 10.2 Å². The van der Waals surface area contributed by atoms with Gasteiger partial charge in [0.2, 0.25) is 0 Å². The second kappa shape index (κ2) is 7.43. The number of amides is 2. The first kappa shape index (κ1) is 16.4. The summed E-state index contributed by atoms with van der Waals surface area (Å²) in [6.07, 6.45) is 7.52. The molecule has 7 heteroatoms. The Morgan fingerprint density at radius 3 is 2.85 bits per heavy atom. The minimum absolute atomic E-state index is 0.00892. The van der Waals surface area contributed by atoms with E-state index in [1.807, 2.05) is 52.2 Å². The average Bonchev–Trinajstić information content (AvgIpc) is 3.40. The molecule has 1 aliphatic heterocycles. The SMILES string of the molecule is O=C(NCc1ccc(-n2cccn2)cc1)N1CCCC(c2ccn[nH]2)C1. The van der Waals surface area contributed by atoms with Crippen LogP contribution in [-0.4, -0.2) is 44.0 Å². The summed E-state index contributed by atoms with van der Waals surface area (Å²) in [7, 11) is 0. The fourth-order valence-electron chi connectivity index (χ4n) is 3.39. The molecule has 26 heavy (non-hydrogen) atoms. The first-order valence-electron chi connectivity index (χ1n) is 8.90. The maximum Gasteiger partial charge on any atom is 0.317 e. The predicted molar refractivity (Wildman–Crippen MR) is 97.9 cm³/mol. The minimum Gasteiger partial charge on any atom is -0.334 e. The highest BCUT2D eigenvalue weighted by atomic mass is 16.2. The Kier molecular flexibility index (Phi) is 4.68. The van der Waals surface area contributed by atoms with Gasteiger partial charge in [-0.15, -0.1) is 0 Å². The Morgan fingerprint density at radius 1 is 1.23 bits per heavy atom. The van der Waals surface area contributed by atoms with Gasteiger partial charge in [0.05, 0.1) is 5.69 Å². The van der Waals surface area contributed by atoms with Gasteiger partial charge >= 0.3 is 6.03 Å². The van der Waals surface area contributed by atoms with Gasteiger partial charge in [-0.2, -0.15) is 10.2 Å². The number of aromatic nitrogens is 4. The smallest absolute Gasteiger partial charge is 0.317 e. The largest absolute Gasteiger partial charge is 0.334 e. The van der Waals surface area contributed by atoms with Crippen molar-refractivity contribution < 1.29 is 4.79 Å². The van der Waals surface area contributed by atoms with Crippen LogP contribution in [0.5, 0.6) is 0 Å². The van der Waals surface area contributed by atoms with E-state index >= 15 is 0 Å². The summed E-state index contributed by atoms with van der Waals surface area (Å²) in [5, 5.41) is 14.3.